The molecule has 0 unspecified atom stereocenters. The van der Waals surface area contributed by atoms with Crippen LogP contribution >= 0.6 is 0 Å². The van der Waals surface area contributed by atoms with Gasteiger partial charge in [-0.15, -0.1) is 0 Å². The molecule has 1 aromatic carbocycles. The molecule has 1 amide bonds. The predicted octanol–water partition coefficient (Wildman–Crippen LogP) is 4.14. The van der Waals surface area contributed by atoms with Gasteiger partial charge in [0.1, 0.15) is 0 Å². The molecule has 116 valence electrons. The summed E-state index contributed by atoms with van der Waals surface area (Å²) in [6.45, 7) is 0. The van der Waals surface area contributed by atoms with Crippen LogP contribution in [-0.2, 0) is 4.79 Å². The Morgan fingerprint density at radius 1 is 1.08 bits per heavy atom. The third-order valence-electron chi connectivity index (χ3n) is 4.08. The van der Waals surface area contributed by atoms with Crippen molar-refractivity contribution in [3.05, 3.63) is 77.2 Å². The first-order chi connectivity index (χ1) is 11.8. The first kappa shape index (κ1) is 14.3. The lowest BCUT2D eigenvalue weighted by Crippen LogP contribution is -2.03. The van der Waals surface area contributed by atoms with E-state index in [-0.39, 0.29) is 5.91 Å². The number of carbonyl (C=O) groups is 1. The Bertz CT molecular complexity index is 947. The third kappa shape index (κ3) is 2.70. The van der Waals surface area contributed by atoms with E-state index in [0.717, 1.165) is 40.9 Å². The second-order valence-electron chi connectivity index (χ2n) is 5.75. The average molecular weight is 312 g/mol. The van der Waals surface area contributed by atoms with Gasteiger partial charge < -0.3 is 10.3 Å². The minimum atomic E-state index is -0.0920. The normalized spacial score (nSPS) is 17.1. The van der Waals surface area contributed by atoms with Crippen molar-refractivity contribution in [3.8, 4) is 11.8 Å². The van der Waals surface area contributed by atoms with Gasteiger partial charge in [0, 0.05) is 28.6 Å². The number of H-pyrrole nitrogens is 1. The maximum absolute atomic E-state index is 12.4. The molecule has 0 spiro atoms. The van der Waals surface area contributed by atoms with Crippen molar-refractivity contribution in [1.82, 2.24) is 4.98 Å². The molecule has 4 rings (SSSR count). The zero-order valence-corrected chi connectivity index (χ0v) is 13.1. The number of allylic oxidation sites excluding steroid dienone is 4. The van der Waals surface area contributed by atoms with Crippen LogP contribution in [-0.4, -0.2) is 10.9 Å². The first-order valence-corrected chi connectivity index (χ1v) is 8.00. The summed E-state index contributed by atoms with van der Waals surface area (Å²) in [4.78, 5) is 15.5. The molecule has 3 nitrogen and oxygen atoms in total. The second kappa shape index (κ2) is 6.10. The number of carbonyl (C=O) groups excluding carboxylic acids is 1. The molecule has 1 aliphatic carbocycles. The van der Waals surface area contributed by atoms with Crippen LogP contribution in [0, 0.1) is 11.8 Å². The fourth-order valence-corrected chi connectivity index (χ4v) is 2.93. The Hall–Kier alpha value is -3.25. The summed E-state index contributed by atoms with van der Waals surface area (Å²) in [6.07, 6.45) is 12.2. The Morgan fingerprint density at radius 3 is 2.83 bits per heavy atom. The van der Waals surface area contributed by atoms with Gasteiger partial charge in [-0.2, -0.15) is 0 Å². The van der Waals surface area contributed by atoms with E-state index in [1.807, 2.05) is 42.6 Å². The van der Waals surface area contributed by atoms with Gasteiger partial charge in [0.05, 0.1) is 11.3 Å². The van der Waals surface area contributed by atoms with Gasteiger partial charge >= 0.3 is 0 Å². The smallest absolute Gasteiger partial charge is 0.256 e. The highest BCUT2D eigenvalue weighted by molar-refractivity contribution is 6.35. The number of rotatable bonds is 1. The summed E-state index contributed by atoms with van der Waals surface area (Å²) in [5.74, 6) is 6.35. The lowest BCUT2D eigenvalue weighted by molar-refractivity contribution is -0.110. The van der Waals surface area contributed by atoms with Crippen LogP contribution in [0.2, 0.25) is 0 Å². The molecular formula is C21H16N2O. The monoisotopic (exact) mass is 312 g/mol. The third-order valence-corrected chi connectivity index (χ3v) is 4.08. The molecule has 0 saturated carbocycles. The van der Waals surface area contributed by atoms with E-state index in [4.69, 9.17) is 0 Å². The zero-order chi connectivity index (χ0) is 16.4. The molecule has 0 bridgehead atoms. The van der Waals surface area contributed by atoms with Crippen molar-refractivity contribution >= 4 is 23.2 Å². The van der Waals surface area contributed by atoms with Crippen molar-refractivity contribution in [2.24, 2.45) is 0 Å². The van der Waals surface area contributed by atoms with Crippen molar-refractivity contribution < 1.29 is 4.79 Å². The number of aromatic amines is 1. The van der Waals surface area contributed by atoms with E-state index in [0.29, 0.717) is 5.57 Å². The van der Waals surface area contributed by atoms with Crippen molar-refractivity contribution in [2.75, 3.05) is 5.32 Å². The van der Waals surface area contributed by atoms with E-state index in [1.165, 1.54) is 0 Å². The largest absolute Gasteiger partial charge is 0.362 e. The van der Waals surface area contributed by atoms with Crippen LogP contribution in [0.1, 0.15) is 29.7 Å². The molecule has 1 aliphatic heterocycles. The van der Waals surface area contributed by atoms with E-state index in [2.05, 4.69) is 40.4 Å². The second-order valence-corrected chi connectivity index (χ2v) is 5.75. The molecule has 3 heteroatoms. The van der Waals surface area contributed by atoms with Gasteiger partial charge in [-0.1, -0.05) is 36.1 Å². The van der Waals surface area contributed by atoms with Crippen LogP contribution in [0.4, 0.5) is 5.69 Å². The molecule has 2 aliphatic rings. The molecule has 24 heavy (non-hydrogen) atoms. The van der Waals surface area contributed by atoms with E-state index in [1.54, 1.807) is 0 Å². The number of aromatic nitrogens is 1. The summed E-state index contributed by atoms with van der Waals surface area (Å²) in [6, 6.07) is 9.64. The van der Waals surface area contributed by atoms with Gasteiger partial charge in [-0.05, 0) is 43.2 Å². The quantitative estimate of drug-likeness (QED) is 0.603. The van der Waals surface area contributed by atoms with Gasteiger partial charge in [0.15, 0.2) is 0 Å². The van der Waals surface area contributed by atoms with Crippen LogP contribution in [0.3, 0.4) is 0 Å². The zero-order valence-electron chi connectivity index (χ0n) is 13.1. The van der Waals surface area contributed by atoms with Gasteiger partial charge in [0.25, 0.3) is 5.91 Å². The topological polar surface area (TPSA) is 44.9 Å². The summed E-state index contributed by atoms with van der Waals surface area (Å²) in [7, 11) is 0. The molecule has 0 saturated heterocycles. The molecule has 0 fully saturated rings. The van der Waals surface area contributed by atoms with Crippen molar-refractivity contribution in [1.29, 1.82) is 0 Å². The minimum absolute atomic E-state index is 0.0920. The molecule has 2 N–H and O–H groups in total. The number of hydrogen-bond donors (Lipinski definition) is 2. The lowest BCUT2D eigenvalue weighted by Gasteiger charge is -2.02. The number of fused-ring (bicyclic) bond motifs is 1. The molecule has 0 atom stereocenters. The predicted molar refractivity (Wildman–Crippen MR) is 97.1 cm³/mol. The van der Waals surface area contributed by atoms with Crippen LogP contribution in [0.25, 0.3) is 11.6 Å². The van der Waals surface area contributed by atoms with E-state index in [9.17, 15) is 4.79 Å². The van der Waals surface area contributed by atoms with Gasteiger partial charge in [-0.25, -0.2) is 0 Å². The first-order valence-electron chi connectivity index (χ1n) is 8.00. The van der Waals surface area contributed by atoms with E-state index < -0.39 is 0 Å². The van der Waals surface area contributed by atoms with Gasteiger partial charge in [-0.3, -0.25) is 4.79 Å². The Labute approximate surface area is 140 Å². The highest BCUT2D eigenvalue weighted by Crippen LogP contribution is 2.35. The number of anilines is 1. The van der Waals surface area contributed by atoms with Crippen LogP contribution in [0.5, 0.6) is 0 Å². The Morgan fingerprint density at radius 2 is 2.04 bits per heavy atom. The number of amides is 1. The van der Waals surface area contributed by atoms with E-state index >= 15 is 0 Å². The number of hydrogen-bond acceptors (Lipinski definition) is 1. The maximum Gasteiger partial charge on any atom is 0.256 e. The highest BCUT2D eigenvalue weighted by Gasteiger charge is 2.26. The summed E-state index contributed by atoms with van der Waals surface area (Å²) in [5, 5.41) is 2.92. The summed E-state index contributed by atoms with van der Waals surface area (Å²) in [5.41, 5.74) is 5.14. The van der Waals surface area contributed by atoms with Crippen molar-refractivity contribution in [2.45, 2.75) is 12.8 Å². The highest BCUT2D eigenvalue weighted by atomic mass is 16.2. The molecule has 0 radical (unpaired) electrons. The maximum atomic E-state index is 12.4. The average Bonchev–Trinajstić information content (AvgIpc) is 3.23. The summed E-state index contributed by atoms with van der Waals surface area (Å²) < 4.78 is 0. The minimum Gasteiger partial charge on any atom is -0.362 e. The number of benzene rings is 1. The fourth-order valence-electron chi connectivity index (χ4n) is 2.93. The molecule has 1 aromatic heterocycles. The summed E-state index contributed by atoms with van der Waals surface area (Å²) >= 11 is 0. The van der Waals surface area contributed by atoms with Crippen molar-refractivity contribution in [3.63, 3.8) is 0 Å². The molecular weight excluding hydrogens is 296 g/mol. The Balaban J connectivity index is 1.78. The SMILES string of the molecule is O=C1Nc2cccc(C#CC3=CCCC=C3)c2/C1=C/c1ccc[nH]1. The van der Waals surface area contributed by atoms with Gasteiger partial charge in [0.2, 0.25) is 0 Å². The lowest BCUT2D eigenvalue weighted by atomic mass is 9.99. The standard InChI is InChI=1S/C21H16N2O/c24-21-18(14-17-9-5-13-22-17)20-16(8-4-10-19(20)23-21)12-11-15-6-2-1-3-7-15/h2,4-10,13-14,22H,1,3H2,(H,23,24)/b18-14-. The molecule has 2 heterocycles. The fraction of sp³-hybridized carbons (Fsp3) is 0.0952. The van der Waals surface area contributed by atoms with Crippen LogP contribution < -0.4 is 5.32 Å². The van der Waals surface area contributed by atoms with Crippen LogP contribution in [0.15, 0.2) is 60.3 Å². The Kier molecular flexibility index (Phi) is 3.64. The number of nitrogens with one attached hydrogen (secondary N) is 2. The molecule has 2 aromatic rings.